The van der Waals surface area contributed by atoms with Gasteiger partial charge in [-0.05, 0) is 29.7 Å². The fraction of sp³-hybridized carbons (Fsp3) is 0.333. The van der Waals surface area contributed by atoms with Crippen LogP contribution in [0.5, 0.6) is 0 Å². The van der Waals surface area contributed by atoms with Crippen LogP contribution >= 0.6 is 0 Å². The molecule has 0 saturated carbocycles. The average Bonchev–Trinajstić information content (AvgIpc) is 3.25. The van der Waals surface area contributed by atoms with E-state index in [1.165, 1.54) is 6.07 Å². The minimum Gasteiger partial charge on any atom is -0.383 e. The molecule has 1 aromatic carbocycles. The Morgan fingerprint density at radius 2 is 2.00 bits per heavy atom. The molecule has 1 fully saturated rings. The Morgan fingerprint density at radius 3 is 2.73 bits per heavy atom. The molecule has 3 heterocycles. The number of benzene rings is 1. The molecular formula is C21H23FN6O2. The van der Waals surface area contributed by atoms with Crippen LogP contribution in [0.25, 0.3) is 22.4 Å². The third kappa shape index (κ3) is 3.76. The van der Waals surface area contributed by atoms with Gasteiger partial charge < -0.3 is 15.4 Å². The van der Waals surface area contributed by atoms with Crippen molar-refractivity contribution in [2.75, 3.05) is 32.0 Å². The lowest BCUT2D eigenvalue weighted by Gasteiger charge is -2.27. The molecule has 30 heavy (non-hydrogen) atoms. The van der Waals surface area contributed by atoms with E-state index in [-0.39, 0.29) is 17.4 Å². The molecule has 1 aliphatic rings. The van der Waals surface area contributed by atoms with Crippen LogP contribution < -0.4 is 5.73 Å². The highest BCUT2D eigenvalue weighted by atomic mass is 19.1. The number of morpholine rings is 1. The van der Waals surface area contributed by atoms with Crippen LogP contribution in [0.2, 0.25) is 0 Å². The molecule has 0 spiro atoms. The predicted molar refractivity (Wildman–Crippen MR) is 110 cm³/mol. The van der Waals surface area contributed by atoms with Crippen molar-refractivity contribution in [3.05, 3.63) is 47.5 Å². The molecule has 4 rings (SSSR count). The van der Waals surface area contributed by atoms with Crippen LogP contribution in [0.15, 0.2) is 30.5 Å². The fourth-order valence-electron chi connectivity index (χ4n) is 3.47. The van der Waals surface area contributed by atoms with Crippen molar-refractivity contribution in [2.24, 2.45) is 0 Å². The number of H-pyrrole nitrogens is 1. The van der Waals surface area contributed by atoms with E-state index in [2.05, 4.69) is 20.4 Å². The van der Waals surface area contributed by atoms with E-state index < -0.39 is 5.82 Å². The summed E-state index contributed by atoms with van der Waals surface area (Å²) in [5.74, 6) is -0.416. The molecule has 1 saturated heterocycles. The third-order valence-corrected chi connectivity index (χ3v) is 5.15. The van der Waals surface area contributed by atoms with Crippen LogP contribution in [0.3, 0.4) is 0 Å². The van der Waals surface area contributed by atoms with Crippen molar-refractivity contribution >= 4 is 11.7 Å². The first-order valence-corrected chi connectivity index (χ1v) is 9.79. The number of nitrogens with zero attached hydrogens (tertiary/aromatic N) is 4. The highest BCUT2D eigenvalue weighted by Gasteiger charge is 2.22. The minimum absolute atomic E-state index is 0.0251. The quantitative estimate of drug-likeness (QED) is 0.684. The van der Waals surface area contributed by atoms with Crippen molar-refractivity contribution in [3.8, 4) is 22.4 Å². The SMILES string of the molecule is CC(C)c1[nH]nnc1-c1cc(-c2ccc(F)c(C(=O)N3CCOCC3)c2)cnc1N. The summed E-state index contributed by atoms with van der Waals surface area (Å²) in [6.45, 7) is 5.84. The monoisotopic (exact) mass is 410 g/mol. The maximum Gasteiger partial charge on any atom is 0.257 e. The number of ether oxygens (including phenoxy) is 1. The number of nitrogens with one attached hydrogen (secondary N) is 1. The summed E-state index contributed by atoms with van der Waals surface area (Å²) in [6.07, 6.45) is 1.60. The number of pyridine rings is 1. The molecule has 156 valence electrons. The van der Waals surface area contributed by atoms with Gasteiger partial charge in [0.25, 0.3) is 5.91 Å². The lowest BCUT2D eigenvalue weighted by molar-refractivity contribution is 0.0300. The Bertz CT molecular complexity index is 1080. The molecule has 3 N–H and O–H groups in total. The Morgan fingerprint density at radius 1 is 1.23 bits per heavy atom. The van der Waals surface area contributed by atoms with Gasteiger partial charge in [0.05, 0.1) is 24.5 Å². The highest BCUT2D eigenvalue weighted by molar-refractivity contribution is 5.96. The van der Waals surface area contributed by atoms with Gasteiger partial charge >= 0.3 is 0 Å². The summed E-state index contributed by atoms with van der Waals surface area (Å²) in [6, 6.07) is 6.31. The molecule has 0 aliphatic carbocycles. The summed E-state index contributed by atoms with van der Waals surface area (Å²) in [5, 5.41) is 11.0. The number of nitrogen functional groups attached to an aromatic ring is 1. The predicted octanol–water partition coefficient (Wildman–Crippen LogP) is 2.85. The number of amides is 1. The number of carbonyl (C=O) groups excluding carboxylic acids is 1. The van der Waals surface area contributed by atoms with Gasteiger partial charge in [0, 0.05) is 30.4 Å². The van der Waals surface area contributed by atoms with E-state index in [1.807, 2.05) is 19.9 Å². The zero-order valence-electron chi connectivity index (χ0n) is 16.9. The Kier molecular flexibility index (Phi) is 5.45. The number of anilines is 1. The van der Waals surface area contributed by atoms with Gasteiger partial charge in [-0.25, -0.2) is 9.37 Å². The number of halogens is 1. The van der Waals surface area contributed by atoms with Gasteiger partial charge in [0.15, 0.2) is 0 Å². The molecule has 1 aliphatic heterocycles. The second-order valence-electron chi connectivity index (χ2n) is 7.48. The lowest BCUT2D eigenvalue weighted by atomic mass is 9.99. The van der Waals surface area contributed by atoms with E-state index in [4.69, 9.17) is 10.5 Å². The van der Waals surface area contributed by atoms with Gasteiger partial charge in [-0.15, -0.1) is 5.10 Å². The molecule has 2 aromatic heterocycles. The van der Waals surface area contributed by atoms with Crippen molar-refractivity contribution < 1.29 is 13.9 Å². The van der Waals surface area contributed by atoms with E-state index in [0.29, 0.717) is 54.5 Å². The summed E-state index contributed by atoms with van der Waals surface area (Å²) in [5.41, 5.74) is 9.61. The molecule has 0 atom stereocenters. The van der Waals surface area contributed by atoms with Crippen LogP contribution in [0.1, 0.15) is 35.8 Å². The van der Waals surface area contributed by atoms with Crippen LogP contribution in [-0.2, 0) is 4.74 Å². The van der Waals surface area contributed by atoms with E-state index in [1.54, 1.807) is 23.2 Å². The van der Waals surface area contributed by atoms with E-state index in [9.17, 15) is 9.18 Å². The number of hydrogen-bond acceptors (Lipinski definition) is 6. The highest BCUT2D eigenvalue weighted by Crippen LogP contribution is 2.32. The smallest absolute Gasteiger partial charge is 0.257 e. The number of aromatic amines is 1. The second kappa shape index (κ2) is 8.19. The zero-order chi connectivity index (χ0) is 21.3. The fourth-order valence-corrected chi connectivity index (χ4v) is 3.47. The molecule has 1 amide bonds. The van der Waals surface area contributed by atoms with Crippen molar-refractivity contribution in [3.63, 3.8) is 0 Å². The summed E-state index contributed by atoms with van der Waals surface area (Å²) in [4.78, 5) is 18.7. The number of nitrogens with two attached hydrogens (primary N) is 1. The number of rotatable bonds is 4. The maximum absolute atomic E-state index is 14.5. The van der Waals surface area contributed by atoms with Crippen LogP contribution in [-0.4, -0.2) is 57.5 Å². The molecule has 3 aromatic rings. The summed E-state index contributed by atoms with van der Waals surface area (Å²) < 4.78 is 19.7. The number of aromatic nitrogens is 4. The van der Waals surface area contributed by atoms with Gasteiger partial charge in [-0.3, -0.25) is 9.89 Å². The maximum atomic E-state index is 14.5. The Hall–Kier alpha value is -3.33. The number of carbonyl (C=O) groups is 1. The van der Waals surface area contributed by atoms with Gasteiger partial charge in [0.2, 0.25) is 0 Å². The van der Waals surface area contributed by atoms with Crippen molar-refractivity contribution in [1.29, 1.82) is 0 Å². The van der Waals surface area contributed by atoms with Crippen molar-refractivity contribution in [2.45, 2.75) is 19.8 Å². The molecule has 0 unspecified atom stereocenters. The van der Waals surface area contributed by atoms with E-state index in [0.717, 1.165) is 5.69 Å². The summed E-state index contributed by atoms with van der Waals surface area (Å²) in [7, 11) is 0. The Labute approximate surface area is 173 Å². The number of hydrogen-bond donors (Lipinski definition) is 2. The van der Waals surface area contributed by atoms with Crippen LogP contribution in [0, 0.1) is 5.82 Å². The topological polar surface area (TPSA) is 110 Å². The first-order chi connectivity index (χ1) is 14.5. The first kappa shape index (κ1) is 20.0. The van der Waals surface area contributed by atoms with Crippen LogP contribution in [0.4, 0.5) is 10.2 Å². The first-order valence-electron chi connectivity index (χ1n) is 9.79. The summed E-state index contributed by atoms with van der Waals surface area (Å²) >= 11 is 0. The minimum atomic E-state index is -0.558. The average molecular weight is 410 g/mol. The lowest BCUT2D eigenvalue weighted by Crippen LogP contribution is -2.41. The molecule has 0 radical (unpaired) electrons. The Balaban J connectivity index is 1.73. The molecule has 9 heteroatoms. The zero-order valence-corrected chi connectivity index (χ0v) is 16.9. The second-order valence-corrected chi connectivity index (χ2v) is 7.48. The molecule has 8 nitrogen and oxygen atoms in total. The third-order valence-electron chi connectivity index (χ3n) is 5.15. The van der Waals surface area contributed by atoms with Gasteiger partial charge in [0.1, 0.15) is 17.3 Å². The normalized spacial score (nSPS) is 14.3. The van der Waals surface area contributed by atoms with Gasteiger partial charge in [-0.2, -0.15) is 0 Å². The standard InChI is InChI=1S/C21H23FN6O2/c1-12(2)18-19(26-27-25-18)16-10-14(11-24-20(16)23)13-3-4-17(22)15(9-13)21(29)28-5-7-30-8-6-28/h3-4,9-12H,5-8H2,1-2H3,(H2,23,24)(H,25,26,27). The van der Waals surface area contributed by atoms with Gasteiger partial charge in [-0.1, -0.05) is 25.1 Å². The van der Waals surface area contributed by atoms with E-state index >= 15 is 0 Å². The largest absolute Gasteiger partial charge is 0.383 e. The van der Waals surface area contributed by atoms with Crippen molar-refractivity contribution in [1.82, 2.24) is 25.3 Å². The molecular weight excluding hydrogens is 387 g/mol. The molecule has 0 bridgehead atoms.